The first-order chi connectivity index (χ1) is 7.54. The van der Waals surface area contributed by atoms with Crippen LogP contribution in [-0.2, 0) is 15.7 Å². The number of halogens is 2. The van der Waals surface area contributed by atoms with Gasteiger partial charge in [0.25, 0.3) is 0 Å². The van der Waals surface area contributed by atoms with Crippen molar-refractivity contribution in [3.8, 4) is 0 Å². The summed E-state index contributed by atoms with van der Waals surface area (Å²) < 4.78 is 18.3. The van der Waals surface area contributed by atoms with Crippen LogP contribution in [0, 0.1) is 0 Å². The van der Waals surface area contributed by atoms with Crippen LogP contribution in [0.1, 0.15) is 6.92 Å². The fourth-order valence-corrected chi connectivity index (χ4v) is 1.99. The van der Waals surface area contributed by atoms with Crippen molar-refractivity contribution in [2.24, 2.45) is 0 Å². The first kappa shape index (κ1) is 13.3. The fourth-order valence-electron chi connectivity index (χ4n) is 0.887. The standard InChI is InChI=1S/C9H9Cl2NO3S/c1-2-15-9(13)12-16(14)6-3-4-7(10)8(11)5-6/h3-5H,2H2,1H3,(H,12,13). The lowest BCUT2D eigenvalue weighted by atomic mass is 10.4. The Balaban J connectivity index is 2.73. The molecule has 1 amide bonds. The highest BCUT2D eigenvalue weighted by Gasteiger charge is 2.10. The third-order valence-corrected chi connectivity index (χ3v) is 3.33. The van der Waals surface area contributed by atoms with Gasteiger partial charge in [0.1, 0.15) is 0 Å². The highest BCUT2D eigenvalue weighted by molar-refractivity contribution is 7.83. The summed E-state index contributed by atoms with van der Waals surface area (Å²) in [5, 5.41) is 0.636. The van der Waals surface area contributed by atoms with E-state index in [1.54, 1.807) is 6.92 Å². The molecule has 0 saturated carbocycles. The predicted octanol–water partition coefficient (Wildman–Crippen LogP) is 2.76. The average molecular weight is 282 g/mol. The van der Waals surface area contributed by atoms with E-state index in [9.17, 15) is 9.00 Å². The van der Waals surface area contributed by atoms with Crippen molar-refractivity contribution >= 4 is 40.3 Å². The third kappa shape index (κ3) is 3.66. The maximum absolute atomic E-state index is 11.6. The minimum atomic E-state index is -1.70. The lowest BCUT2D eigenvalue weighted by Gasteiger charge is -2.05. The Hall–Kier alpha value is -0.780. The molecule has 0 aliphatic rings. The van der Waals surface area contributed by atoms with Crippen molar-refractivity contribution in [3.63, 3.8) is 0 Å². The zero-order valence-corrected chi connectivity index (χ0v) is 10.7. The molecule has 1 aromatic carbocycles. The SMILES string of the molecule is CCOC(=O)NS(=O)c1ccc(Cl)c(Cl)c1. The molecule has 0 heterocycles. The summed E-state index contributed by atoms with van der Waals surface area (Å²) in [5.74, 6) is 0. The topological polar surface area (TPSA) is 55.4 Å². The fraction of sp³-hybridized carbons (Fsp3) is 0.222. The van der Waals surface area contributed by atoms with Crippen molar-refractivity contribution in [1.29, 1.82) is 0 Å². The second-order valence-corrected chi connectivity index (χ2v) is 4.69. The second-order valence-electron chi connectivity index (χ2n) is 2.67. The molecule has 1 N–H and O–H groups in total. The van der Waals surface area contributed by atoms with Crippen LogP contribution in [0.3, 0.4) is 0 Å². The molecule has 0 radical (unpaired) electrons. The highest BCUT2D eigenvalue weighted by Crippen LogP contribution is 2.23. The van der Waals surface area contributed by atoms with Crippen molar-refractivity contribution < 1.29 is 13.7 Å². The normalized spacial score (nSPS) is 11.9. The van der Waals surface area contributed by atoms with E-state index in [1.807, 2.05) is 0 Å². The van der Waals surface area contributed by atoms with Crippen LogP contribution in [0.4, 0.5) is 4.79 Å². The number of benzene rings is 1. The maximum Gasteiger partial charge on any atom is 0.419 e. The molecule has 0 bridgehead atoms. The van der Waals surface area contributed by atoms with Gasteiger partial charge in [-0.05, 0) is 25.1 Å². The molecule has 0 aliphatic carbocycles. The first-order valence-corrected chi connectivity index (χ1v) is 6.25. The Kier molecular flexibility index (Phi) is 5.05. The molecule has 0 aromatic heterocycles. The van der Waals surface area contributed by atoms with Crippen LogP contribution >= 0.6 is 23.2 Å². The number of hydrogen-bond acceptors (Lipinski definition) is 3. The average Bonchev–Trinajstić information content (AvgIpc) is 2.22. The number of ether oxygens (including phenoxy) is 1. The molecule has 1 aromatic rings. The van der Waals surface area contributed by atoms with Crippen molar-refractivity contribution in [3.05, 3.63) is 28.2 Å². The summed E-state index contributed by atoms with van der Waals surface area (Å²) in [7, 11) is -1.70. The van der Waals surface area contributed by atoms with Crippen molar-refractivity contribution in [2.45, 2.75) is 11.8 Å². The molecule has 1 atom stereocenters. The van der Waals surface area contributed by atoms with E-state index >= 15 is 0 Å². The smallest absolute Gasteiger partial charge is 0.419 e. The van der Waals surface area contributed by atoms with Gasteiger partial charge >= 0.3 is 6.09 Å². The molecule has 0 fully saturated rings. The summed E-state index contributed by atoms with van der Waals surface area (Å²) >= 11 is 11.4. The number of carbonyl (C=O) groups is 1. The second kappa shape index (κ2) is 6.08. The Bertz CT molecular complexity index is 425. The number of hydrogen-bond donors (Lipinski definition) is 1. The molecule has 0 aliphatic heterocycles. The molecule has 1 unspecified atom stereocenters. The van der Waals surface area contributed by atoms with Crippen LogP contribution in [0.5, 0.6) is 0 Å². The Morgan fingerprint density at radius 1 is 1.44 bits per heavy atom. The molecule has 1 rings (SSSR count). The van der Waals surface area contributed by atoms with Gasteiger partial charge in [0.2, 0.25) is 0 Å². The summed E-state index contributed by atoms with van der Waals surface area (Å²) in [4.78, 5) is 11.3. The molecule has 88 valence electrons. The zero-order chi connectivity index (χ0) is 12.1. The summed E-state index contributed by atoms with van der Waals surface area (Å²) in [5.41, 5.74) is 0. The van der Waals surface area contributed by atoms with Crippen LogP contribution in [0.15, 0.2) is 23.1 Å². The van der Waals surface area contributed by atoms with E-state index in [4.69, 9.17) is 23.2 Å². The van der Waals surface area contributed by atoms with Gasteiger partial charge in [-0.25, -0.2) is 13.7 Å². The lowest BCUT2D eigenvalue weighted by Crippen LogP contribution is -2.26. The van der Waals surface area contributed by atoms with Gasteiger partial charge in [-0.2, -0.15) is 0 Å². The third-order valence-electron chi connectivity index (χ3n) is 1.56. The van der Waals surface area contributed by atoms with E-state index in [0.717, 1.165) is 0 Å². The molecular formula is C9H9Cl2NO3S. The summed E-state index contributed by atoms with van der Waals surface area (Å²) in [6.45, 7) is 1.87. The van der Waals surface area contributed by atoms with Gasteiger partial charge in [0.05, 0.1) is 21.5 Å². The van der Waals surface area contributed by atoms with Crippen LogP contribution < -0.4 is 4.72 Å². The molecule has 16 heavy (non-hydrogen) atoms. The van der Waals surface area contributed by atoms with Gasteiger partial charge in [-0.1, -0.05) is 23.2 Å². The lowest BCUT2D eigenvalue weighted by molar-refractivity contribution is 0.159. The quantitative estimate of drug-likeness (QED) is 0.927. The summed E-state index contributed by atoms with van der Waals surface area (Å²) in [6, 6.07) is 4.44. The zero-order valence-electron chi connectivity index (χ0n) is 8.33. The Labute approximate surface area is 105 Å². The van der Waals surface area contributed by atoms with Crippen LogP contribution in [-0.4, -0.2) is 16.9 Å². The van der Waals surface area contributed by atoms with Gasteiger partial charge in [0, 0.05) is 0 Å². The van der Waals surface area contributed by atoms with Gasteiger partial charge in [0.15, 0.2) is 11.0 Å². The Morgan fingerprint density at radius 2 is 2.12 bits per heavy atom. The molecular weight excluding hydrogens is 273 g/mol. The molecule has 0 spiro atoms. The summed E-state index contributed by atoms with van der Waals surface area (Å²) in [6.07, 6.45) is -0.744. The largest absolute Gasteiger partial charge is 0.449 e. The van der Waals surface area contributed by atoms with Crippen LogP contribution in [0.25, 0.3) is 0 Å². The Morgan fingerprint density at radius 3 is 2.69 bits per heavy atom. The van der Waals surface area contributed by atoms with Gasteiger partial charge < -0.3 is 4.74 Å². The number of carbonyl (C=O) groups excluding carboxylic acids is 1. The minimum absolute atomic E-state index is 0.213. The van der Waals surface area contributed by atoms with Crippen molar-refractivity contribution in [1.82, 2.24) is 4.72 Å². The van der Waals surface area contributed by atoms with Crippen LogP contribution in [0.2, 0.25) is 10.0 Å². The first-order valence-electron chi connectivity index (χ1n) is 4.34. The number of amides is 1. The minimum Gasteiger partial charge on any atom is -0.449 e. The van der Waals surface area contributed by atoms with E-state index in [2.05, 4.69) is 9.46 Å². The molecule has 0 saturated heterocycles. The highest BCUT2D eigenvalue weighted by atomic mass is 35.5. The monoisotopic (exact) mass is 281 g/mol. The van der Waals surface area contributed by atoms with E-state index in [1.165, 1.54) is 18.2 Å². The molecule has 7 heteroatoms. The number of nitrogens with one attached hydrogen (secondary N) is 1. The predicted molar refractivity (Wildman–Crippen MR) is 63.0 cm³/mol. The maximum atomic E-state index is 11.6. The van der Waals surface area contributed by atoms with E-state index in [-0.39, 0.29) is 11.6 Å². The van der Waals surface area contributed by atoms with Gasteiger partial charge in [-0.3, -0.25) is 0 Å². The number of rotatable bonds is 3. The van der Waals surface area contributed by atoms with Crippen molar-refractivity contribution in [2.75, 3.05) is 6.61 Å². The van der Waals surface area contributed by atoms with Gasteiger partial charge in [-0.15, -0.1) is 0 Å². The molecule has 4 nitrogen and oxygen atoms in total. The van der Waals surface area contributed by atoms with E-state index < -0.39 is 17.1 Å². The van der Waals surface area contributed by atoms with E-state index in [0.29, 0.717) is 9.92 Å².